The van der Waals surface area contributed by atoms with Gasteiger partial charge in [-0.2, -0.15) is 13.2 Å². The minimum atomic E-state index is -4.24. The van der Waals surface area contributed by atoms with Crippen LogP contribution < -0.4 is 5.73 Å². The summed E-state index contributed by atoms with van der Waals surface area (Å²) in [5.41, 5.74) is 5.05. The predicted octanol–water partition coefficient (Wildman–Crippen LogP) is 3.50. The Kier molecular flexibility index (Phi) is 9.55. The summed E-state index contributed by atoms with van der Waals surface area (Å²) in [4.78, 5) is 0. The van der Waals surface area contributed by atoms with Gasteiger partial charge in [0.15, 0.2) is 0 Å². The van der Waals surface area contributed by atoms with Crippen molar-refractivity contribution in [1.29, 1.82) is 0 Å². The van der Waals surface area contributed by atoms with Crippen LogP contribution in [-0.2, 0) is 4.74 Å². The van der Waals surface area contributed by atoms with Crippen molar-refractivity contribution in [1.82, 2.24) is 0 Å². The van der Waals surface area contributed by atoms with Gasteiger partial charge >= 0.3 is 6.18 Å². The summed E-state index contributed by atoms with van der Waals surface area (Å²) < 4.78 is 41.8. The Labute approximate surface area is 102 Å². The number of ether oxygens (including phenoxy) is 1. The highest BCUT2D eigenvalue weighted by Crippen LogP contribution is 2.25. The second kappa shape index (κ2) is 9.71. The Morgan fingerprint density at radius 3 is 2.18 bits per heavy atom. The molecule has 5 heteroatoms. The van der Waals surface area contributed by atoms with Crippen molar-refractivity contribution in [2.45, 2.75) is 51.6 Å². The fourth-order valence-corrected chi connectivity index (χ4v) is 1.51. The van der Waals surface area contributed by atoms with Crippen molar-refractivity contribution in [3.05, 3.63) is 0 Å². The largest absolute Gasteiger partial charge is 0.395 e. The fourth-order valence-electron chi connectivity index (χ4n) is 1.51. The zero-order chi connectivity index (χ0) is 13.1. The normalized spacial score (nSPS) is 13.9. The Bertz CT molecular complexity index is 174. The van der Waals surface area contributed by atoms with Gasteiger partial charge in [-0.05, 0) is 6.42 Å². The van der Waals surface area contributed by atoms with Gasteiger partial charge in [0.1, 0.15) is 0 Å². The molecule has 0 aliphatic heterocycles. The third kappa shape index (κ3) is 9.41. The van der Waals surface area contributed by atoms with E-state index < -0.39 is 18.6 Å². The van der Waals surface area contributed by atoms with Crippen molar-refractivity contribution >= 4 is 0 Å². The molecule has 0 bridgehead atoms. The third-order valence-electron chi connectivity index (χ3n) is 2.71. The van der Waals surface area contributed by atoms with Crippen molar-refractivity contribution in [2.75, 3.05) is 19.8 Å². The first-order chi connectivity index (χ1) is 8.02. The lowest BCUT2D eigenvalue weighted by molar-refractivity contribution is -0.185. The zero-order valence-electron chi connectivity index (χ0n) is 10.6. The first-order valence-corrected chi connectivity index (χ1v) is 6.36. The standard InChI is InChI=1S/C12H24F3NO/c1-2-3-4-5-6-7-8-17-10-11(9-16)12(13,14)15/h11H,2-10,16H2,1H3. The first kappa shape index (κ1) is 16.7. The highest BCUT2D eigenvalue weighted by Gasteiger charge is 2.38. The van der Waals surface area contributed by atoms with E-state index in [0.29, 0.717) is 6.61 Å². The molecule has 0 aliphatic carbocycles. The van der Waals surface area contributed by atoms with Gasteiger partial charge in [0.2, 0.25) is 0 Å². The molecule has 1 atom stereocenters. The number of rotatable bonds is 10. The van der Waals surface area contributed by atoms with Crippen LogP contribution >= 0.6 is 0 Å². The van der Waals surface area contributed by atoms with Gasteiger partial charge in [0, 0.05) is 13.2 Å². The topological polar surface area (TPSA) is 35.2 Å². The molecule has 0 spiro atoms. The minimum Gasteiger partial charge on any atom is -0.381 e. The lowest BCUT2D eigenvalue weighted by Gasteiger charge is -2.18. The number of alkyl halides is 3. The SMILES string of the molecule is CCCCCCCCOCC(CN)C(F)(F)F. The summed E-state index contributed by atoms with van der Waals surface area (Å²) >= 11 is 0. The van der Waals surface area contributed by atoms with Gasteiger partial charge in [-0.1, -0.05) is 39.0 Å². The summed E-state index contributed by atoms with van der Waals surface area (Å²) in [6.07, 6.45) is 2.37. The maximum absolute atomic E-state index is 12.3. The monoisotopic (exact) mass is 255 g/mol. The Morgan fingerprint density at radius 2 is 1.65 bits per heavy atom. The van der Waals surface area contributed by atoms with Crippen LogP contribution in [0.2, 0.25) is 0 Å². The smallest absolute Gasteiger partial charge is 0.381 e. The van der Waals surface area contributed by atoms with E-state index in [1.807, 2.05) is 0 Å². The van der Waals surface area contributed by atoms with E-state index in [1.54, 1.807) is 0 Å². The summed E-state index contributed by atoms with van der Waals surface area (Å²) in [6.45, 7) is 1.83. The van der Waals surface area contributed by atoms with Crippen LogP contribution in [0.25, 0.3) is 0 Å². The van der Waals surface area contributed by atoms with Gasteiger partial charge in [0.05, 0.1) is 12.5 Å². The van der Waals surface area contributed by atoms with Crippen molar-refractivity contribution in [2.24, 2.45) is 11.7 Å². The van der Waals surface area contributed by atoms with Crippen LogP contribution in [0.4, 0.5) is 13.2 Å². The fraction of sp³-hybridized carbons (Fsp3) is 1.00. The summed E-state index contributed by atoms with van der Waals surface area (Å²) in [5, 5.41) is 0. The lowest BCUT2D eigenvalue weighted by atomic mass is 10.1. The Morgan fingerprint density at radius 1 is 1.06 bits per heavy atom. The molecule has 0 saturated carbocycles. The van der Waals surface area contributed by atoms with Crippen LogP contribution in [0, 0.1) is 5.92 Å². The van der Waals surface area contributed by atoms with Crippen LogP contribution in [0.1, 0.15) is 45.4 Å². The highest BCUT2D eigenvalue weighted by atomic mass is 19.4. The molecule has 0 rings (SSSR count). The van der Waals surface area contributed by atoms with Crippen LogP contribution in [0.3, 0.4) is 0 Å². The quantitative estimate of drug-likeness (QED) is 0.606. The average molecular weight is 255 g/mol. The molecule has 0 aromatic carbocycles. The molecule has 1 unspecified atom stereocenters. The molecule has 2 nitrogen and oxygen atoms in total. The maximum atomic E-state index is 12.3. The Hall–Kier alpha value is -0.290. The third-order valence-corrected chi connectivity index (χ3v) is 2.71. The van der Waals surface area contributed by atoms with Gasteiger partial charge in [-0.15, -0.1) is 0 Å². The van der Waals surface area contributed by atoms with Crippen molar-refractivity contribution in [3.63, 3.8) is 0 Å². The van der Waals surface area contributed by atoms with E-state index in [1.165, 1.54) is 19.3 Å². The average Bonchev–Trinajstić information content (AvgIpc) is 2.25. The summed E-state index contributed by atoms with van der Waals surface area (Å²) in [7, 11) is 0. The summed E-state index contributed by atoms with van der Waals surface area (Å²) in [6, 6.07) is 0. The first-order valence-electron chi connectivity index (χ1n) is 6.36. The van der Waals surface area contributed by atoms with Crippen molar-refractivity contribution < 1.29 is 17.9 Å². The van der Waals surface area contributed by atoms with Crippen LogP contribution in [-0.4, -0.2) is 25.9 Å². The number of hydrogen-bond donors (Lipinski definition) is 1. The molecule has 0 aromatic rings. The van der Waals surface area contributed by atoms with Crippen LogP contribution in [0.15, 0.2) is 0 Å². The molecule has 0 heterocycles. The molecular formula is C12H24F3NO. The predicted molar refractivity (Wildman–Crippen MR) is 62.8 cm³/mol. The molecule has 0 amide bonds. The molecule has 0 aromatic heterocycles. The van der Waals surface area contributed by atoms with E-state index in [2.05, 4.69) is 6.92 Å². The van der Waals surface area contributed by atoms with E-state index in [0.717, 1.165) is 19.3 Å². The highest BCUT2D eigenvalue weighted by molar-refractivity contribution is 4.67. The second-order valence-corrected chi connectivity index (χ2v) is 4.32. The minimum absolute atomic E-state index is 0.311. The molecule has 17 heavy (non-hydrogen) atoms. The number of halogens is 3. The van der Waals surface area contributed by atoms with Gasteiger partial charge < -0.3 is 10.5 Å². The molecule has 104 valence electrons. The second-order valence-electron chi connectivity index (χ2n) is 4.32. The lowest BCUT2D eigenvalue weighted by Crippen LogP contribution is -2.34. The molecule has 0 saturated heterocycles. The maximum Gasteiger partial charge on any atom is 0.395 e. The molecule has 0 aliphatic rings. The van der Waals surface area contributed by atoms with Crippen molar-refractivity contribution in [3.8, 4) is 0 Å². The van der Waals surface area contributed by atoms with E-state index >= 15 is 0 Å². The van der Waals surface area contributed by atoms with Gasteiger partial charge in [-0.25, -0.2) is 0 Å². The molecular weight excluding hydrogens is 231 g/mol. The van der Waals surface area contributed by atoms with E-state index in [-0.39, 0.29) is 6.61 Å². The van der Waals surface area contributed by atoms with E-state index in [9.17, 15) is 13.2 Å². The van der Waals surface area contributed by atoms with E-state index in [4.69, 9.17) is 10.5 Å². The summed E-state index contributed by atoms with van der Waals surface area (Å²) in [5.74, 6) is -1.53. The zero-order valence-corrected chi connectivity index (χ0v) is 10.6. The van der Waals surface area contributed by atoms with Gasteiger partial charge in [-0.3, -0.25) is 0 Å². The molecule has 2 N–H and O–H groups in total. The number of nitrogens with two attached hydrogens (primary N) is 1. The van der Waals surface area contributed by atoms with Crippen LogP contribution in [0.5, 0.6) is 0 Å². The Balaban J connectivity index is 3.38. The number of hydrogen-bond acceptors (Lipinski definition) is 2. The number of unbranched alkanes of at least 4 members (excludes halogenated alkanes) is 5. The molecule has 0 radical (unpaired) electrons. The molecule has 0 fully saturated rings. The van der Waals surface area contributed by atoms with Gasteiger partial charge in [0.25, 0.3) is 0 Å².